The predicted molar refractivity (Wildman–Crippen MR) is 44.6 cm³/mol. The smallest absolute Gasteiger partial charge is 0.352 e. The minimum atomic E-state index is -1.37. The summed E-state index contributed by atoms with van der Waals surface area (Å²) in [5.41, 5.74) is -1.54. The standard InChI is InChI=1S/C7H5NO5.H2O/c9-3-1-4(6(10)11)8-5(2-3)7(12)13;/h1-2H,(H,8,9)(H,10,11)(H,12,13);1H2. The number of H-pyrrole nitrogens is 1. The molecule has 0 saturated heterocycles. The second kappa shape index (κ2) is 4.19. The van der Waals surface area contributed by atoms with Crippen molar-refractivity contribution in [3.05, 3.63) is 33.7 Å². The molecule has 0 aliphatic heterocycles. The average Bonchev–Trinajstić information content (AvgIpc) is 2.03. The first-order valence-electron chi connectivity index (χ1n) is 3.21. The Hall–Kier alpha value is -2.15. The van der Waals surface area contributed by atoms with E-state index in [1.54, 1.807) is 0 Å². The van der Waals surface area contributed by atoms with Gasteiger partial charge in [0.25, 0.3) is 0 Å². The molecule has 1 rings (SSSR count). The van der Waals surface area contributed by atoms with E-state index in [4.69, 9.17) is 10.2 Å². The summed E-state index contributed by atoms with van der Waals surface area (Å²) in [5, 5.41) is 16.9. The van der Waals surface area contributed by atoms with Gasteiger partial charge in [-0.2, -0.15) is 0 Å². The van der Waals surface area contributed by atoms with Gasteiger partial charge in [0.05, 0.1) is 0 Å². The molecule has 76 valence electrons. The van der Waals surface area contributed by atoms with Crippen LogP contribution in [-0.2, 0) is 0 Å². The van der Waals surface area contributed by atoms with Crippen molar-refractivity contribution in [1.29, 1.82) is 0 Å². The SMILES string of the molecule is O.O=C(O)c1cc(=O)cc(C(=O)O)[nH]1. The maximum atomic E-state index is 10.8. The molecule has 1 aromatic rings. The first kappa shape index (κ1) is 11.8. The van der Waals surface area contributed by atoms with Gasteiger partial charge >= 0.3 is 11.9 Å². The molecular weight excluding hydrogens is 194 g/mol. The van der Waals surface area contributed by atoms with Crippen molar-refractivity contribution in [3.63, 3.8) is 0 Å². The Morgan fingerprint density at radius 1 is 1.07 bits per heavy atom. The van der Waals surface area contributed by atoms with Gasteiger partial charge in [0.2, 0.25) is 0 Å². The van der Waals surface area contributed by atoms with E-state index < -0.39 is 28.8 Å². The molecule has 0 aliphatic rings. The Morgan fingerprint density at radius 2 is 1.43 bits per heavy atom. The maximum absolute atomic E-state index is 10.8. The molecule has 0 unspecified atom stereocenters. The molecule has 1 heterocycles. The highest BCUT2D eigenvalue weighted by Crippen LogP contribution is 1.94. The van der Waals surface area contributed by atoms with E-state index in [9.17, 15) is 14.4 Å². The van der Waals surface area contributed by atoms with Crippen molar-refractivity contribution in [2.45, 2.75) is 0 Å². The van der Waals surface area contributed by atoms with Crippen LogP contribution in [0.15, 0.2) is 16.9 Å². The molecular formula is C7H7NO6. The Morgan fingerprint density at radius 3 is 1.71 bits per heavy atom. The van der Waals surface area contributed by atoms with Crippen LogP contribution >= 0.6 is 0 Å². The molecule has 0 bridgehead atoms. The zero-order chi connectivity index (χ0) is 10.0. The third-order valence-electron chi connectivity index (χ3n) is 1.30. The van der Waals surface area contributed by atoms with Crippen LogP contribution in [0, 0.1) is 0 Å². The lowest BCUT2D eigenvalue weighted by Gasteiger charge is -1.96. The van der Waals surface area contributed by atoms with E-state index in [2.05, 4.69) is 4.98 Å². The molecule has 1 aromatic heterocycles. The molecule has 0 atom stereocenters. The van der Waals surface area contributed by atoms with Gasteiger partial charge in [-0.1, -0.05) is 0 Å². The lowest BCUT2D eigenvalue weighted by molar-refractivity contribution is 0.0685. The monoisotopic (exact) mass is 201 g/mol. The van der Waals surface area contributed by atoms with E-state index in [1.807, 2.05) is 0 Å². The van der Waals surface area contributed by atoms with Crippen molar-refractivity contribution in [3.8, 4) is 0 Å². The summed E-state index contributed by atoms with van der Waals surface area (Å²) >= 11 is 0. The largest absolute Gasteiger partial charge is 0.477 e. The fourth-order valence-electron chi connectivity index (χ4n) is 0.774. The fraction of sp³-hybridized carbons (Fsp3) is 0. The molecule has 0 fully saturated rings. The van der Waals surface area contributed by atoms with Gasteiger partial charge in [-0.05, 0) is 0 Å². The topological polar surface area (TPSA) is 139 Å². The van der Waals surface area contributed by atoms with E-state index >= 15 is 0 Å². The zero-order valence-electron chi connectivity index (χ0n) is 6.77. The van der Waals surface area contributed by atoms with Crippen molar-refractivity contribution >= 4 is 11.9 Å². The number of pyridine rings is 1. The van der Waals surface area contributed by atoms with Crippen LogP contribution in [0.1, 0.15) is 21.0 Å². The van der Waals surface area contributed by atoms with Crippen molar-refractivity contribution in [2.75, 3.05) is 0 Å². The molecule has 0 radical (unpaired) electrons. The number of hydrogen-bond acceptors (Lipinski definition) is 3. The van der Waals surface area contributed by atoms with Crippen LogP contribution in [0.4, 0.5) is 0 Å². The summed E-state index contributed by atoms with van der Waals surface area (Å²) in [6, 6.07) is 1.63. The summed E-state index contributed by atoms with van der Waals surface area (Å²) in [5.74, 6) is -2.75. The van der Waals surface area contributed by atoms with Crippen molar-refractivity contribution in [1.82, 2.24) is 4.98 Å². The summed E-state index contributed by atoms with van der Waals surface area (Å²) in [7, 11) is 0. The van der Waals surface area contributed by atoms with Gasteiger partial charge in [0, 0.05) is 12.1 Å². The fourth-order valence-corrected chi connectivity index (χ4v) is 0.774. The van der Waals surface area contributed by atoms with Crippen molar-refractivity contribution in [2.24, 2.45) is 0 Å². The third kappa shape index (κ3) is 2.42. The normalized spacial score (nSPS) is 8.86. The first-order valence-corrected chi connectivity index (χ1v) is 3.21. The number of carbonyl (C=O) groups is 2. The number of aromatic amines is 1. The molecule has 14 heavy (non-hydrogen) atoms. The average molecular weight is 201 g/mol. The highest BCUT2D eigenvalue weighted by atomic mass is 16.4. The summed E-state index contributed by atoms with van der Waals surface area (Å²) < 4.78 is 0. The number of nitrogens with one attached hydrogen (secondary N) is 1. The molecule has 0 aliphatic carbocycles. The number of aromatic carboxylic acids is 2. The van der Waals surface area contributed by atoms with Crippen LogP contribution in [0.5, 0.6) is 0 Å². The number of aromatic nitrogens is 1. The van der Waals surface area contributed by atoms with Gasteiger partial charge in [0.15, 0.2) is 5.43 Å². The second-order valence-electron chi connectivity index (χ2n) is 2.25. The van der Waals surface area contributed by atoms with E-state index in [1.165, 1.54) is 0 Å². The van der Waals surface area contributed by atoms with Gasteiger partial charge in [-0.25, -0.2) is 9.59 Å². The zero-order valence-corrected chi connectivity index (χ0v) is 6.77. The summed E-state index contributed by atoms with van der Waals surface area (Å²) in [6.07, 6.45) is 0. The van der Waals surface area contributed by atoms with Crippen LogP contribution in [-0.4, -0.2) is 32.6 Å². The third-order valence-corrected chi connectivity index (χ3v) is 1.30. The number of rotatable bonds is 2. The van der Waals surface area contributed by atoms with E-state index in [0.29, 0.717) is 0 Å². The first-order chi connectivity index (χ1) is 6.00. The quantitative estimate of drug-likeness (QED) is 0.559. The van der Waals surface area contributed by atoms with Crippen LogP contribution in [0.25, 0.3) is 0 Å². The minimum Gasteiger partial charge on any atom is -0.477 e. The Bertz CT molecular complexity index is 385. The molecule has 0 amide bonds. The second-order valence-corrected chi connectivity index (χ2v) is 2.25. The molecule has 5 N–H and O–H groups in total. The number of carboxylic acid groups (broad SMARTS) is 2. The summed E-state index contributed by atoms with van der Waals surface area (Å²) in [4.78, 5) is 33.6. The lowest BCUT2D eigenvalue weighted by atomic mass is 10.3. The van der Waals surface area contributed by atoms with Crippen LogP contribution in [0.2, 0.25) is 0 Å². The highest BCUT2D eigenvalue weighted by Gasteiger charge is 2.09. The van der Waals surface area contributed by atoms with Gasteiger partial charge in [-0.15, -0.1) is 0 Å². The maximum Gasteiger partial charge on any atom is 0.352 e. The molecule has 0 spiro atoms. The van der Waals surface area contributed by atoms with Gasteiger partial charge in [0.1, 0.15) is 11.4 Å². The highest BCUT2D eigenvalue weighted by molar-refractivity contribution is 5.89. The molecule has 7 heteroatoms. The number of carboxylic acids is 2. The Labute approximate surface area is 76.9 Å². The summed E-state index contributed by atoms with van der Waals surface area (Å²) in [6.45, 7) is 0. The number of hydrogen-bond donors (Lipinski definition) is 3. The van der Waals surface area contributed by atoms with Crippen LogP contribution < -0.4 is 5.43 Å². The Kier molecular flexibility index (Phi) is 3.55. The van der Waals surface area contributed by atoms with E-state index in [-0.39, 0.29) is 5.48 Å². The Balaban J connectivity index is 0.00000169. The molecule has 0 aromatic carbocycles. The van der Waals surface area contributed by atoms with Gasteiger partial charge in [-0.3, -0.25) is 4.79 Å². The minimum absolute atomic E-state index is 0. The van der Waals surface area contributed by atoms with Gasteiger partial charge < -0.3 is 20.7 Å². The van der Waals surface area contributed by atoms with Crippen LogP contribution in [0.3, 0.4) is 0 Å². The van der Waals surface area contributed by atoms with E-state index in [0.717, 1.165) is 12.1 Å². The predicted octanol–water partition coefficient (Wildman–Crippen LogP) is -1.05. The molecule has 7 nitrogen and oxygen atoms in total. The van der Waals surface area contributed by atoms with Crippen molar-refractivity contribution < 1.29 is 25.3 Å². The molecule has 0 saturated carbocycles. The lowest BCUT2D eigenvalue weighted by Crippen LogP contribution is -2.13.